The third-order valence-electron chi connectivity index (χ3n) is 3.62. The van der Waals surface area contributed by atoms with Crippen LogP contribution < -0.4 is 10.6 Å². The second-order valence-electron chi connectivity index (χ2n) is 5.45. The Hall–Kier alpha value is -3.35. The molecule has 3 N–H and O–H groups in total. The molecule has 0 saturated heterocycles. The van der Waals surface area contributed by atoms with Crippen molar-refractivity contribution in [2.24, 2.45) is 0 Å². The standard InChI is InChI=1S/C17H16N6O/c1-11-4-6-12(7-5-11)20-15-14-10-19-23-16(14)22-17(21-15)18-9-13-3-2-8-24-13/h2-8,10H,9H2,1H3,(H3,18,19,20,21,22,23). The van der Waals surface area contributed by atoms with Gasteiger partial charge in [0.25, 0.3) is 0 Å². The monoisotopic (exact) mass is 320 g/mol. The molecule has 0 bridgehead atoms. The van der Waals surface area contributed by atoms with Gasteiger partial charge in [0.1, 0.15) is 11.6 Å². The fourth-order valence-corrected chi connectivity index (χ4v) is 2.36. The molecule has 7 heteroatoms. The van der Waals surface area contributed by atoms with Gasteiger partial charge in [-0.25, -0.2) is 0 Å². The molecule has 120 valence electrons. The summed E-state index contributed by atoms with van der Waals surface area (Å²) in [5.74, 6) is 2.01. The molecule has 0 atom stereocenters. The molecule has 24 heavy (non-hydrogen) atoms. The minimum atomic E-state index is 0.498. The van der Waals surface area contributed by atoms with Gasteiger partial charge in [0.05, 0.1) is 24.4 Å². The number of furan rings is 1. The van der Waals surface area contributed by atoms with E-state index >= 15 is 0 Å². The Morgan fingerprint density at radius 3 is 2.79 bits per heavy atom. The lowest BCUT2D eigenvalue weighted by Crippen LogP contribution is -2.05. The first kappa shape index (κ1) is 14.3. The first-order valence-electron chi connectivity index (χ1n) is 7.59. The van der Waals surface area contributed by atoms with Gasteiger partial charge in [-0.05, 0) is 31.2 Å². The van der Waals surface area contributed by atoms with Crippen LogP contribution in [-0.2, 0) is 6.54 Å². The summed E-state index contributed by atoms with van der Waals surface area (Å²) in [4.78, 5) is 8.98. The lowest BCUT2D eigenvalue weighted by molar-refractivity contribution is 0.517. The third kappa shape index (κ3) is 2.91. The smallest absolute Gasteiger partial charge is 0.227 e. The fraction of sp³-hybridized carbons (Fsp3) is 0.118. The molecular weight excluding hydrogens is 304 g/mol. The molecule has 0 unspecified atom stereocenters. The van der Waals surface area contributed by atoms with Gasteiger partial charge in [0.15, 0.2) is 5.65 Å². The van der Waals surface area contributed by atoms with Crippen LogP contribution in [0, 0.1) is 6.92 Å². The third-order valence-corrected chi connectivity index (χ3v) is 3.62. The van der Waals surface area contributed by atoms with Gasteiger partial charge in [-0.15, -0.1) is 0 Å². The first-order valence-corrected chi connectivity index (χ1v) is 7.59. The number of aryl methyl sites for hydroxylation is 1. The molecule has 7 nitrogen and oxygen atoms in total. The summed E-state index contributed by atoms with van der Waals surface area (Å²) in [5.41, 5.74) is 2.83. The van der Waals surface area contributed by atoms with E-state index in [1.54, 1.807) is 12.5 Å². The van der Waals surface area contributed by atoms with Crippen molar-refractivity contribution >= 4 is 28.5 Å². The summed E-state index contributed by atoms with van der Waals surface area (Å²) in [5, 5.41) is 14.3. The van der Waals surface area contributed by atoms with Gasteiger partial charge >= 0.3 is 0 Å². The molecular formula is C17H16N6O. The van der Waals surface area contributed by atoms with Crippen molar-refractivity contribution in [3.63, 3.8) is 0 Å². The Morgan fingerprint density at radius 1 is 1.12 bits per heavy atom. The molecule has 0 aliphatic heterocycles. The van der Waals surface area contributed by atoms with Gasteiger partial charge in [-0.3, -0.25) is 5.10 Å². The quantitative estimate of drug-likeness (QED) is 0.520. The molecule has 0 fully saturated rings. The molecule has 3 heterocycles. The van der Waals surface area contributed by atoms with E-state index in [0.717, 1.165) is 16.8 Å². The van der Waals surface area contributed by atoms with E-state index in [1.165, 1.54) is 5.56 Å². The number of nitrogens with zero attached hydrogens (tertiary/aromatic N) is 3. The van der Waals surface area contributed by atoms with Gasteiger partial charge in [0, 0.05) is 5.69 Å². The lowest BCUT2D eigenvalue weighted by Gasteiger charge is -2.09. The van der Waals surface area contributed by atoms with Crippen molar-refractivity contribution in [1.29, 1.82) is 0 Å². The predicted molar refractivity (Wildman–Crippen MR) is 92.2 cm³/mol. The highest BCUT2D eigenvalue weighted by molar-refractivity contribution is 5.89. The molecule has 0 radical (unpaired) electrons. The number of fused-ring (bicyclic) bond motifs is 1. The molecule has 0 saturated carbocycles. The maximum atomic E-state index is 5.31. The van der Waals surface area contributed by atoms with Crippen LogP contribution in [0.25, 0.3) is 11.0 Å². The Kier molecular flexibility index (Phi) is 3.59. The largest absolute Gasteiger partial charge is 0.467 e. The van der Waals surface area contributed by atoms with Crippen LogP contribution in [0.3, 0.4) is 0 Å². The number of hydrogen-bond acceptors (Lipinski definition) is 6. The minimum absolute atomic E-state index is 0.498. The molecule has 0 aliphatic carbocycles. The van der Waals surface area contributed by atoms with Crippen LogP contribution >= 0.6 is 0 Å². The minimum Gasteiger partial charge on any atom is -0.467 e. The number of aromatic nitrogens is 4. The second kappa shape index (κ2) is 6.04. The van der Waals surface area contributed by atoms with E-state index < -0.39 is 0 Å². The number of nitrogens with one attached hydrogen (secondary N) is 3. The van der Waals surface area contributed by atoms with E-state index in [1.807, 2.05) is 36.4 Å². The average Bonchev–Trinajstić information content (AvgIpc) is 3.26. The van der Waals surface area contributed by atoms with Gasteiger partial charge in [0.2, 0.25) is 5.95 Å². The van der Waals surface area contributed by atoms with Crippen LogP contribution in [0.1, 0.15) is 11.3 Å². The fourth-order valence-electron chi connectivity index (χ4n) is 2.36. The van der Waals surface area contributed by atoms with Crippen molar-refractivity contribution in [3.05, 3.63) is 60.2 Å². The van der Waals surface area contributed by atoms with Crippen molar-refractivity contribution in [3.8, 4) is 0 Å². The maximum absolute atomic E-state index is 5.31. The second-order valence-corrected chi connectivity index (χ2v) is 5.45. The highest BCUT2D eigenvalue weighted by Gasteiger charge is 2.10. The molecule has 0 amide bonds. The summed E-state index contributed by atoms with van der Waals surface area (Å²) in [6.45, 7) is 2.57. The van der Waals surface area contributed by atoms with Crippen molar-refractivity contribution < 1.29 is 4.42 Å². The number of aromatic amines is 1. The Balaban J connectivity index is 1.63. The van der Waals surface area contributed by atoms with Gasteiger partial charge < -0.3 is 15.1 Å². The Morgan fingerprint density at radius 2 is 2.00 bits per heavy atom. The van der Waals surface area contributed by atoms with E-state index in [4.69, 9.17) is 4.42 Å². The highest BCUT2D eigenvalue weighted by atomic mass is 16.3. The SMILES string of the molecule is Cc1ccc(Nc2nc(NCc3ccco3)nc3[nH]ncc23)cc1. The maximum Gasteiger partial charge on any atom is 0.227 e. The summed E-state index contributed by atoms with van der Waals surface area (Å²) < 4.78 is 5.31. The zero-order valence-electron chi connectivity index (χ0n) is 13.1. The van der Waals surface area contributed by atoms with E-state index in [0.29, 0.717) is 24.0 Å². The zero-order valence-corrected chi connectivity index (χ0v) is 13.1. The highest BCUT2D eigenvalue weighted by Crippen LogP contribution is 2.24. The van der Waals surface area contributed by atoms with Crippen LogP contribution in [0.5, 0.6) is 0 Å². The Labute approximate surface area is 138 Å². The van der Waals surface area contributed by atoms with Crippen LogP contribution in [0.2, 0.25) is 0 Å². The lowest BCUT2D eigenvalue weighted by atomic mass is 10.2. The molecule has 1 aromatic carbocycles. The molecule has 3 aromatic heterocycles. The number of hydrogen-bond donors (Lipinski definition) is 3. The average molecular weight is 320 g/mol. The van der Waals surface area contributed by atoms with Crippen LogP contribution in [0.15, 0.2) is 53.3 Å². The predicted octanol–water partition coefficient (Wildman–Crippen LogP) is 3.61. The van der Waals surface area contributed by atoms with E-state index in [-0.39, 0.29) is 0 Å². The van der Waals surface area contributed by atoms with E-state index in [9.17, 15) is 0 Å². The van der Waals surface area contributed by atoms with E-state index in [2.05, 4.69) is 37.7 Å². The van der Waals surface area contributed by atoms with Crippen molar-refractivity contribution in [1.82, 2.24) is 20.2 Å². The number of H-pyrrole nitrogens is 1. The molecule has 4 aromatic rings. The topological polar surface area (TPSA) is 91.7 Å². The number of benzene rings is 1. The molecule has 4 rings (SSSR count). The zero-order chi connectivity index (χ0) is 16.4. The normalized spacial score (nSPS) is 10.9. The van der Waals surface area contributed by atoms with Crippen molar-refractivity contribution in [2.75, 3.05) is 10.6 Å². The summed E-state index contributed by atoms with van der Waals surface area (Å²) in [7, 11) is 0. The Bertz CT molecular complexity index is 943. The first-order chi connectivity index (χ1) is 11.8. The summed E-state index contributed by atoms with van der Waals surface area (Å²) in [6.07, 6.45) is 3.35. The van der Waals surface area contributed by atoms with Crippen LogP contribution in [0.4, 0.5) is 17.5 Å². The van der Waals surface area contributed by atoms with Gasteiger partial charge in [-0.1, -0.05) is 17.7 Å². The summed E-state index contributed by atoms with van der Waals surface area (Å²) >= 11 is 0. The number of anilines is 3. The van der Waals surface area contributed by atoms with Crippen LogP contribution in [-0.4, -0.2) is 20.2 Å². The van der Waals surface area contributed by atoms with Gasteiger partial charge in [-0.2, -0.15) is 15.1 Å². The molecule has 0 aliphatic rings. The summed E-state index contributed by atoms with van der Waals surface area (Å²) in [6, 6.07) is 11.9. The molecule has 0 spiro atoms. The number of rotatable bonds is 5. The van der Waals surface area contributed by atoms with Crippen molar-refractivity contribution in [2.45, 2.75) is 13.5 Å².